The van der Waals surface area contributed by atoms with Gasteiger partial charge < -0.3 is 10.2 Å². The lowest BCUT2D eigenvalue weighted by Crippen LogP contribution is -2.41. The van der Waals surface area contributed by atoms with Crippen molar-refractivity contribution in [2.24, 2.45) is 0 Å². The van der Waals surface area contributed by atoms with Gasteiger partial charge in [-0.2, -0.15) is 0 Å². The van der Waals surface area contributed by atoms with E-state index in [2.05, 4.69) is 10.2 Å². The van der Waals surface area contributed by atoms with Gasteiger partial charge in [-0.1, -0.05) is 0 Å². The monoisotopic (exact) mass is 140 g/mol. The zero-order valence-electron chi connectivity index (χ0n) is 6.56. The Balaban J connectivity index is 3.72. The quantitative estimate of drug-likeness (QED) is 0.537. The van der Waals surface area contributed by atoms with Gasteiger partial charge in [0.15, 0.2) is 0 Å². The lowest BCUT2D eigenvalue weighted by molar-refractivity contribution is -0.120. The van der Waals surface area contributed by atoms with Crippen molar-refractivity contribution >= 4 is 5.91 Å². The smallest absolute Gasteiger partial charge is 0.300 e. The Kier molecular flexibility index (Phi) is 2.88. The minimum atomic E-state index is -0.220. The van der Waals surface area contributed by atoms with E-state index >= 15 is 0 Å². The standard InChI is InChI=1S/C7H12N2O/c1-7(2,3)9-6(10)5-8-4/h5H2,1-3H3,(H,9,10). The highest BCUT2D eigenvalue weighted by atomic mass is 16.1. The highest BCUT2D eigenvalue weighted by molar-refractivity contribution is 5.80. The SMILES string of the molecule is [C-]#[N+]CC(=O)NC(C)(C)C. The molecule has 0 fully saturated rings. The fourth-order valence-electron chi connectivity index (χ4n) is 0.530. The molecule has 10 heavy (non-hydrogen) atoms. The van der Waals surface area contributed by atoms with Gasteiger partial charge in [0, 0.05) is 5.54 Å². The molecule has 0 heterocycles. The van der Waals surface area contributed by atoms with Crippen LogP contribution in [0.3, 0.4) is 0 Å². The Labute approximate surface area is 61.2 Å². The van der Waals surface area contributed by atoms with Crippen molar-refractivity contribution < 1.29 is 4.79 Å². The van der Waals surface area contributed by atoms with E-state index in [1.165, 1.54) is 0 Å². The number of nitrogens with zero attached hydrogens (tertiary/aromatic N) is 1. The molecular formula is C7H12N2O. The van der Waals surface area contributed by atoms with Crippen molar-refractivity contribution in [2.75, 3.05) is 6.54 Å². The van der Waals surface area contributed by atoms with Crippen molar-refractivity contribution in [1.29, 1.82) is 0 Å². The van der Waals surface area contributed by atoms with E-state index in [4.69, 9.17) is 6.57 Å². The molecule has 0 rings (SSSR count). The maximum atomic E-state index is 10.7. The van der Waals surface area contributed by atoms with E-state index in [9.17, 15) is 4.79 Å². The van der Waals surface area contributed by atoms with E-state index in [0.717, 1.165) is 0 Å². The summed E-state index contributed by atoms with van der Waals surface area (Å²) >= 11 is 0. The molecule has 56 valence electrons. The molecule has 1 N–H and O–H groups in total. The first-order valence-electron chi connectivity index (χ1n) is 3.10. The molecule has 0 saturated carbocycles. The molecule has 0 saturated heterocycles. The van der Waals surface area contributed by atoms with Gasteiger partial charge in [0.25, 0.3) is 6.54 Å². The second kappa shape index (κ2) is 3.21. The van der Waals surface area contributed by atoms with Crippen LogP contribution in [0.2, 0.25) is 0 Å². The highest BCUT2D eigenvalue weighted by Crippen LogP contribution is 1.97. The predicted molar refractivity (Wildman–Crippen MR) is 39.4 cm³/mol. The Hall–Kier alpha value is -1.04. The number of hydrogen-bond donors (Lipinski definition) is 1. The van der Waals surface area contributed by atoms with E-state index in [1.807, 2.05) is 20.8 Å². The molecule has 0 aliphatic carbocycles. The zero-order valence-corrected chi connectivity index (χ0v) is 6.56. The Bertz CT molecular complexity index is 161. The fourth-order valence-corrected chi connectivity index (χ4v) is 0.530. The minimum absolute atomic E-state index is 0.0722. The first-order chi connectivity index (χ1) is 4.45. The average Bonchev–Trinajstić information content (AvgIpc) is 1.59. The van der Waals surface area contributed by atoms with Gasteiger partial charge in [0.05, 0.1) is 0 Å². The summed E-state index contributed by atoms with van der Waals surface area (Å²) in [5.74, 6) is -0.206. The molecule has 1 amide bonds. The van der Waals surface area contributed by atoms with E-state index < -0.39 is 0 Å². The van der Waals surface area contributed by atoms with Crippen LogP contribution >= 0.6 is 0 Å². The second-order valence-electron chi connectivity index (χ2n) is 3.11. The predicted octanol–water partition coefficient (Wildman–Crippen LogP) is 0.820. The third kappa shape index (κ3) is 5.10. The third-order valence-electron chi connectivity index (χ3n) is 0.737. The molecule has 0 aromatic rings. The van der Waals surface area contributed by atoms with Crippen molar-refractivity contribution in [3.05, 3.63) is 11.4 Å². The molecule has 0 unspecified atom stereocenters. The number of carbonyl (C=O) groups excluding carboxylic acids is 1. The van der Waals surface area contributed by atoms with Crippen LogP contribution in [0.5, 0.6) is 0 Å². The van der Waals surface area contributed by atoms with E-state index in [1.54, 1.807) is 0 Å². The molecule has 0 spiro atoms. The van der Waals surface area contributed by atoms with Gasteiger partial charge in [-0.05, 0) is 20.8 Å². The largest absolute Gasteiger partial charge is 0.345 e. The third-order valence-corrected chi connectivity index (χ3v) is 0.737. The molecule has 0 aromatic carbocycles. The van der Waals surface area contributed by atoms with Crippen LogP contribution in [0.25, 0.3) is 4.85 Å². The van der Waals surface area contributed by atoms with Gasteiger partial charge in [0.2, 0.25) is 0 Å². The van der Waals surface area contributed by atoms with Gasteiger partial charge in [-0.3, -0.25) is 4.79 Å². The first kappa shape index (κ1) is 8.96. The van der Waals surface area contributed by atoms with Crippen LogP contribution in [0.1, 0.15) is 20.8 Å². The van der Waals surface area contributed by atoms with E-state index in [0.29, 0.717) is 0 Å². The fraction of sp³-hybridized carbons (Fsp3) is 0.714. The number of hydrogen-bond acceptors (Lipinski definition) is 1. The minimum Gasteiger partial charge on any atom is -0.345 e. The summed E-state index contributed by atoms with van der Waals surface area (Å²) in [6.07, 6.45) is 0. The summed E-state index contributed by atoms with van der Waals surface area (Å²) in [6, 6.07) is 0. The molecule has 0 aliphatic rings. The summed E-state index contributed by atoms with van der Waals surface area (Å²) in [4.78, 5) is 13.7. The number of nitrogens with one attached hydrogen (secondary N) is 1. The Morgan fingerprint density at radius 2 is 2.10 bits per heavy atom. The van der Waals surface area contributed by atoms with E-state index in [-0.39, 0.29) is 18.0 Å². The van der Waals surface area contributed by atoms with Gasteiger partial charge >= 0.3 is 5.91 Å². The molecular weight excluding hydrogens is 128 g/mol. The van der Waals surface area contributed by atoms with Crippen LogP contribution in [-0.4, -0.2) is 18.0 Å². The molecule has 0 radical (unpaired) electrons. The molecule has 0 aliphatic heterocycles. The molecule has 3 heteroatoms. The summed E-state index contributed by atoms with van der Waals surface area (Å²) in [5, 5.41) is 2.67. The summed E-state index contributed by atoms with van der Waals surface area (Å²) in [5.41, 5.74) is -0.220. The Morgan fingerprint density at radius 3 is 2.40 bits per heavy atom. The molecule has 3 nitrogen and oxygen atoms in total. The number of amides is 1. The van der Waals surface area contributed by atoms with Crippen molar-refractivity contribution in [1.82, 2.24) is 5.32 Å². The number of rotatable bonds is 1. The zero-order chi connectivity index (χ0) is 8.20. The normalized spacial score (nSPS) is 10.2. The summed E-state index contributed by atoms with van der Waals surface area (Å²) < 4.78 is 0. The van der Waals surface area contributed by atoms with Crippen LogP contribution in [0.4, 0.5) is 0 Å². The highest BCUT2D eigenvalue weighted by Gasteiger charge is 2.14. The van der Waals surface area contributed by atoms with Crippen molar-refractivity contribution in [3.8, 4) is 0 Å². The number of carbonyl (C=O) groups is 1. The van der Waals surface area contributed by atoms with Crippen LogP contribution < -0.4 is 5.32 Å². The maximum absolute atomic E-state index is 10.7. The maximum Gasteiger partial charge on any atom is 0.300 e. The Morgan fingerprint density at radius 1 is 1.60 bits per heavy atom. The average molecular weight is 140 g/mol. The lowest BCUT2D eigenvalue weighted by atomic mass is 10.1. The van der Waals surface area contributed by atoms with Crippen LogP contribution in [0, 0.1) is 6.57 Å². The van der Waals surface area contributed by atoms with Crippen LogP contribution in [-0.2, 0) is 4.79 Å². The van der Waals surface area contributed by atoms with Gasteiger partial charge in [-0.25, -0.2) is 6.57 Å². The van der Waals surface area contributed by atoms with Gasteiger partial charge in [-0.15, -0.1) is 0 Å². The van der Waals surface area contributed by atoms with Crippen LogP contribution in [0.15, 0.2) is 0 Å². The van der Waals surface area contributed by atoms with Crippen molar-refractivity contribution in [3.63, 3.8) is 0 Å². The summed E-state index contributed by atoms with van der Waals surface area (Å²) in [6.45, 7) is 12.0. The first-order valence-corrected chi connectivity index (χ1v) is 3.10. The lowest BCUT2D eigenvalue weighted by Gasteiger charge is -2.18. The molecule has 0 bridgehead atoms. The van der Waals surface area contributed by atoms with Gasteiger partial charge in [0.1, 0.15) is 0 Å². The molecule has 0 aromatic heterocycles. The second-order valence-corrected chi connectivity index (χ2v) is 3.11. The topological polar surface area (TPSA) is 33.5 Å². The van der Waals surface area contributed by atoms with Crippen molar-refractivity contribution in [2.45, 2.75) is 26.3 Å². The molecule has 0 atom stereocenters. The summed E-state index contributed by atoms with van der Waals surface area (Å²) in [7, 11) is 0.